The number of halogens is 1. The second kappa shape index (κ2) is 8.91. The monoisotopic (exact) mass is 442 g/mol. The van der Waals surface area contributed by atoms with Crippen molar-refractivity contribution < 1.29 is 14.3 Å². The number of carbonyl (C=O) groups excluding carboxylic acids is 1. The van der Waals surface area contributed by atoms with Gasteiger partial charge in [-0.1, -0.05) is 23.7 Å². The summed E-state index contributed by atoms with van der Waals surface area (Å²) < 4.78 is 13.3. The van der Waals surface area contributed by atoms with Crippen LogP contribution < -0.4 is 15.8 Å². The van der Waals surface area contributed by atoms with Crippen LogP contribution in [0.2, 0.25) is 5.15 Å². The number of carbonyl (C=O) groups is 1. The number of rotatable bonds is 7. The molecule has 0 aliphatic heterocycles. The summed E-state index contributed by atoms with van der Waals surface area (Å²) >= 11 is 5.96. The van der Waals surface area contributed by atoms with Crippen molar-refractivity contribution in [2.75, 3.05) is 19.5 Å². The van der Waals surface area contributed by atoms with Gasteiger partial charge in [0.05, 0.1) is 36.8 Å². The molecule has 162 valence electrons. The fourth-order valence-corrected chi connectivity index (χ4v) is 4.16. The Balaban J connectivity index is 1.69. The molecule has 0 unspecified atom stereocenters. The molecule has 2 heterocycles. The third-order valence-electron chi connectivity index (χ3n) is 5.46. The third kappa shape index (κ3) is 4.19. The van der Waals surface area contributed by atoms with Crippen molar-refractivity contribution in [3.8, 4) is 16.9 Å². The van der Waals surface area contributed by atoms with Gasteiger partial charge in [0.2, 0.25) is 0 Å². The average Bonchev–Trinajstić information content (AvgIpc) is 3.42. The Morgan fingerprint density at radius 3 is 2.84 bits per heavy atom. The van der Waals surface area contributed by atoms with Crippen molar-refractivity contribution in [3.63, 3.8) is 0 Å². The van der Waals surface area contributed by atoms with E-state index in [1.54, 1.807) is 14.2 Å². The molecule has 3 aromatic rings. The third-order valence-corrected chi connectivity index (χ3v) is 5.64. The first kappa shape index (κ1) is 21.1. The number of hydrogen-bond acceptors (Lipinski definition) is 7. The summed E-state index contributed by atoms with van der Waals surface area (Å²) in [5.41, 5.74) is 8.11. The van der Waals surface area contributed by atoms with Gasteiger partial charge in [-0.2, -0.15) is 5.10 Å². The molecule has 2 atom stereocenters. The Bertz CT molecular complexity index is 1100. The van der Waals surface area contributed by atoms with Gasteiger partial charge in [-0.3, -0.25) is 9.48 Å². The molecule has 1 saturated carbocycles. The molecule has 31 heavy (non-hydrogen) atoms. The SMILES string of the molecule is COc1c(Nc2cc(Cl)nnc2C(N)=O)cccc1-c1cnn([C@H]2CCC[C@@H]2OC)c1. The summed E-state index contributed by atoms with van der Waals surface area (Å²) in [6, 6.07) is 7.36. The summed E-state index contributed by atoms with van der Waals surface area (Å²) in [6.07, 6.45) is 7.16. The lowest BCUT2D eigenvalue weighted by Crippen LogP contribution is -2.20. The highest BCUT2D eigenvalue weighted by Crippen LogP contribution is 2.39. The summed E-state index contributed by atoms with van der Waals surface area (Å²) in [5.74, 6) is -0.132. The number of anilines is 2. The molecule has 1 aromatic carbocycles. The van der Waals surface area contributed by atoms with Gasteiger partial charge in [-0.25, -0.2) is 0 Å². The Labute approximate surface area is 184 Å². The summed E-state index contributed by atoms with van der Waals surface area (Å²) in [6.45, 7) is 0. The number of nitrogens with zero attached hydrogens (tertiary/aromatic N) is 4. The van der Waals surface area contributed by atoms with Crippen LogP contribution in [0.4, 0.5) is 11.4 Å². The molecule has 1 aliphatic carbocycles. The van der Waals surface area contributed by atoms with Gasteiger partial charge < -0.3 is 20.5 Å². The number of ether oxygens (including phenoxy) is 2. The Morgan fingerprint density at radius 1 is 1.26 bits per heavy atom. The second-order valence-electron chi connectivity index (χ2n) is 7.29. The van der Waals surface area contributed by atoms with Crippen LogP contribution >= 0.6 is 11.6 Å². The molecule has 10 heteroatoms. The molecular weight excluding hydrogens is 420 g/mol. The van der Waals surface area contributed by atoms with Crippen LogP contribution in [-0.2, 0) is 4.74 Å². The number of hydrogen-bond donors (Lipinski definition) is 2. The molecule has 1 fully saturated rings. The Morgan fingerprint density at radius 2 is 2.10 bits per heavy atom. The lowest BCUT2D eigenvalue weighted by atomic mass is 10.1. The van der Waals surface area contributed by atoms with Crippen LogP contribution in [-0.4, -0.2) is 46.2 Å². The average molecular weight is 443 g/mol. The van der Waals surface area contributed by atoms with Crippen molar-refractivity contribution in [2.45, 2.75) is 31.4 Å². The summed E-state index contributed by atoms with van der Waals surface area (Å²) in [7, 11) is 3.32. The Kier molecular flexibility index (Phi) is 6.06. The van der Waals surface area contributed by atoms with E-state index in [1.165, 1.54) is 6.07 Å². The lowest BCUT2D eigenvalue weighted by molar-refractivity contribution is 0.0709. The van der Waals surface area contributed by atoms with E-state index in [0.29, 0.717) is 17.1 Å². The first-order valence-electron chi connectivity index (χ1n) is 9.86. The van der Waals surface area contributed by atoms with E-state index in [4.69, 9.17) is 26.8 Å². The van der Waals surface area contributed by atoms with Crippen LogP contribution in [0.3, 0.4) is 0 Å². The van der Waals surface area contributed by atoms with E-state index >= 15 is 0 Å². The van der Waals surface area contributed by atoms with Gasteiger partial charge in [0.15, 0.2) is 10.8 Å². The number of nitrogens with two attached hydrogens (primary N) is 1. The maximum atomic E-state index is 11.7. The number of methoxy groups -OCH3 is 2. The number of benzene rings is 1. The Hall–Kier alpha value is -3.17. The molecule has 0 spiro atoms. The first-order valence-corrected chi connectivity index (χ1v) is 10.2. The predicted molar refractivity (Wildman–Crippen MR) is 117 cm³/mol. The molecule has 3 N–H and O–H groups in total. The number of nitrogens with one attached hydrogen (secondary N) is 1. The van der Waals surface area contributed by atoms with Gasteiger partial charge in [0, 0.05) is 30.5 Å². The van der Waals surface area contributed by atoms with E-state index < -0.39 is 5.91 Å². The maximum absolute atomic E-state index is 11.7. The quantitative estimate of drug-likeness (QED) is 0.574. The highest BCUT2D eigenvalue weighted by Gasteiger charge is 2.29. The molecule has 0 bridgehead atoms. The molecule has 0 radical (unpaired) electrons. The fraction of sp³-hybridized carbons (Fsp3) is 0.333. The minimum atomic E-state index is -0.715. The minimum absolute atomic E-state index is 0.0171. The number of primary amides is 1. The largest absolute Gasteiger partial charge is 0.494 e. The predicted octanol–water partition coefficient (Wildman–Crippen LogP) is 3.58. The molecule has 4 rings (SSSR count). The topological polar surface area (TPSA) is 117 Å². The minimum Gasteiger partial charge on any atom is -0.494 e. The summed E-state index contributed by atoms with van der Waals surface area (Å²) in [4.78, 5) is 11.7. The van der Waals surface area contributed by atoms with E-state index in [1.807, 2.05) is 35.3 Å². The number of amides is 1. The second-order valence-corrected chi connectivity index (χ2v) is 7.67. The van der Waals surface area contributed by atoms with E-state index in [0.717, 1.165) is 30.4 Å². The van der Waals surface area contributed by atoms with Crippen LogP contribution in [0, 0.1) is 0 Å². The van der Waals surface area contributed by atoms with Gasteiger partial charge in [-0.15, -0.1) is 10.2 Å². The van der Waals surface area contributed by atoms with Crippen LogP contribution in [0.1, 0.15) is 35.8 Å². The van der Waals surface area contributed by atoms with E-state index in [9.17, 15) is 4.79 Å². The van der Waals surface area contributed by atoms with Crippen molar-refractivity contribution in [1.82, 2.24) is 20.0 Å². The van der Waals surface area contributed by atoms with Crippen molar-refractivity contribution >= 4 is 28.9 Å². The number of aromatic nitrogens is 4. The smallest absolute Gasteiger partial charge is 0.271 e. The fourth-order valence-electron chi connectivity index (χ4n) is 4.02. The van der Waals surface area contributed by atoms with Crippen molar-refractivity contribution in [3.05, 3.63) is 47.5 Å². The van der Waals surface area contributed by atoms with Gasteiger partial charge in [0.25, 0.3) is 5.91 Å². The van der Waals surface area contributed by atoms with Crippen molar-refractivity contribution in [1.29, 1.82) is 0 Å². The zero-order valence-corrected chi connectivity index (χ0v) is 18.0. The first-order chi connectivity index (χ1) is 15.0. The van der Waals surface area contributed by atoms with Crippen LogP contribution in [0.15, 0.2) is 36.7 Å². The van der Waals surface area contributed by atoms with Gasteiger partial charge in [-0.05, 0) is 25.3 Å². The maximum Gasteiger partial charge on any atom is 0.271 e. The van der Waals surface area contributed by atoms with E-state index in [-0.39, 0.29) is 23.0 Å². The molecule has 1 amide bonds. The molecule has 1 aliphatic rings. The van der Waals surface area contributed by atoms with E-state index in [2.05, 4.69) is 20.6 Å². The normalized spacial score (nSPS) is 18.2. The zero-order chi connectivity index (χ0) is 22.0. The molecule has 0 saturated heterocycles. The van der Waals surface area contributed by atoms with Gasteiger partial charge in [0.1, 0.15) is 5.75 Å². The molecule has 2 aromatic heterocycles. The van der Waals surface area contributed by atoms with Crippen molar-refractivity contribution in [2.24, 2.45) is 5.73 Å². The van der Waals surface area contributed by atoms with Gasteiger partial charge >= 0.3 is 0 Å². The highest BCUT2D eigenvalue weighted by molar-refractivity contribution is 6.29. The molecular formula is C21H23ClN6O3. The number of para-hydroxylation sites is 1. The highest BCUT2D eigenvalue weighted by atomic mass is 35.5. The molecule has 9 nitrogen and oxygen atoms in total. The standard InChI is InChI=1S/C21H23ClN6O3/c1-30-17-8-4-7-16(17)28-11-12(10-24-28)13-5-3-6-14(20(13)31-2)25-15-9-18(22)26-27-19(15)21(23)29/h3,5-6,9-11,16-17H,4,7-8H2,1-2H3,(H2,23,29)(H,25,26)/t16-,17-/m0/s1. The lowest BCUT2D eigenvalue weighted by Gasteiger charge is -2.18. The summed E-state index contributed by atoms with van der Waals surface area (Å²) in [5, 5.41) is 15.3. The van der Waals surface area contributed by atoms with Crippen LogP contribution in [0.5, 0.6) is 5.75 Å². The zero-order valence-electron chi connectivity index (χ0n) is 17.2. The van der Waals surface area contributed by atoms with Crippen LogP contribution in [0.25, 0.3) is 11.1 Å².